The maximum atomic E-state index is 12.3. The number of hydrogen-bond acceptors (Lipinski definition) is 5. The molecule has 0 amide bonds. The van der Waals surface area contributed by atoms with Gasteiger partial charge in [-0.3, -0.25) is 0 Å². The van der Waals surface area contributed by atoms with Crippen LogP contribution in [0.4, 0.5) is 5.69 Å². The van der Waals surface area contributed by atoms with E-state index in [0.717, 1.165) is 0 Å². The number of nitrogens with two attached hydrogens (primary N) is 1. The number of sulfonamides is 1. The predicted molar refractivity (Wildman–Crippen MR) is 90.4 cm³/mol. The van der Waals surface area contributed by atoms with E-state index in [9.17, 15) is 13.5 Å². The second kappa shape index (κ2) is 6.97. The third-order valence-corrected chi connectivity index (χ3v) is 6.18. The van der Waals surface area contributed by atoms with Crippen molar-refractivity contribution in [1.29, 1.82) is 0 Å². The maximum absolute atomic E-state index is 12.3. The number of halogens is 2. The third kappa shape index (κ3) is 4.88. The van der Waals surface area contributed by atoms with E-state index in [1.165, 1.54) is 17.8 Å². The Balaban J connectivity index is 3.01. The molecule has 0 bridgehead atoms. The lowest BCUT2D eigenvalue weighted by molar-refractivity contribution is 0.0908. The number of aliphatic hydroxyl groups is 1. The molecule has 0 saturated heterocycles. The van der Waals surface area contributed by atoms with Crippen LogP contribution in [0.3, 0.4) is 0 Å². The molecule has 1 aromatic rings. The summed E-state index contributed by atoms with van der Waals surface area (Å²) in [5, 5.41) is 10.0. The predicted octanol–water partition coefficient (Wildman–Crippen LogP) is 2.19. The minimum absolute atomic E-state index is 0.0272. The summed E-state index contributed by atoms with van der Waals surface area (Å²) in [7, 11) is -3.80. The molecule has 0 saturated carbocycles. The van der Waals surface area contributed by atoms with Gasteiger partial charge in [0.25, 0.3) is 0 Å². The van der Waals surface area contributed by atoms with Gasteiger partial charge in [0.05, 0.1) is 11.3 Å². The Hall–Kier alpha value is 0.200. The number of rotatable bonds is 6. The first-order valence-electron chi connectivity index (χ1n) is 5.54. The zero-order valence-corrected chi connectivity index (χ0v) is 15.8. The standard InChI is InChI=1S/C11H16Br2N2O3S2/c1-11(16,6-19-2)5-15-20(17,18)10-8(13)3-7(12)4-9(10)14/h3-4,15-16H,5-6,14H2,1-2H3. The van der Waals surface area contributed by atoms with Gasteiger partial charge in [0.2, 0.25) is 10.0 Å². The average molecular weight is 448 g/mol. The van der Waals surface area contributed by atoms with Crippen LogP contribution < -0.4 is 10.5 Å². The van der Waals surface area contributed by atoms with Crippen molar-refractivity contribution in [2.75, 3.05) is 24.3 Å². The quantitative estimate of drug-likeness (QED) is 0.581. The van der Waals surface area contributed by atoms with E-state index in [1.807, 2.05) is 6.26 Å². The summed E-state index contributed by atoms with van der Waals surface area (Å²) in [5.41, 5.74) is 4.77. The van der Waals surface area contributed by atoms with Gasteiger partial charge in [0.15, 0.2) is 0 Å². The molecule has 0 aromatic heterocycles. The number of nitrogen functional groups attached to an aromatic ring is 1. The molecule has 9 heteroatoms. The van der Waals surface area contributed by atoms with E-state index < -0.39 is 15.6 Å². The van der Waals surface area contributed by atoms with Gasteiger partial charge in [-0.1, -0.05) is 15.9 Å². The molecule has 114 valence electrons. The number of hydrogen-bond donors (Lipinski definition) is 3. The van der Waals surface area contributed by atoms with Gasteiger partial charge < -0.3 is 10.8 Å². The van der Waals surface area contributed by atoms with Crippen molar-refractivity contribution in [2.45, 2.75) is 17.4 Å². The van der Waals surface area contributed by atoms with Crippen LogP contribution in [-0.2, 0) is 10.0 Å². The molecule has 0 heterocycles. The van der Waals surface area contributed by atoms with Crippen LogP contribution in [-0.4, -0.2) is 37.7 Å². The minimum Gasteiger partial charge on any atom is -0.398 e. The van der Waals surface area contributed by atoms with E-state index in [1.54, 1.807) is 13.0 Å². The highest BCUT2D eigenvalue weighted by Crippen LogP contribution is 2.31. The molecule has 1 unspecified atom stereocenters. The zero-order valence-electron chi connectivity index (χ0n) is 11.0. The lowest BCUT2D eigenvalue weighted by Crippen LogP contribution is -2.42. The van der Waals surface area contributed by atoms with Crippen LogP contribution in [0.2, 0.25) is 0 Å². The van der Waals surface area contributed by atoms with Gasteiger partial charge in [-0.25, -0.2) is 13.1 Å². The van der Waals surface area contributed by atoms with Crippen LogP contribution in [0, 0.1) is 0 Å². The van der Waals surface area contributed by atoms with Crippen molar-refractivity contribution in [3.63, 3.8) is 0 Å². The third-order valence-electron chi connectivity index (χ3n) is 2.40. The van der Waals surface area contributed by atoms with Crippen LogP contribution in [0.25, 0.3) is 0 Å². The van der Waals surface area contributed by atoms with E-state index in [0.29, 0.717) is 14.7 Å². The summed E-state index contributed by atoms with van der Waals surface area (Å²) in [6, 6.07) is 3.12. The number of nitrogens with one attached hydrogen (secondary N) is 1. The number of thioether (sulfide) groups is 1. The highest BCUT2D eigenvalue weighted by Gasteiger charge is 2.26. The molecule has 20 heavy (non-hydrogen) atoms. The molecule has 5 nitrogen and oxygen atoms in total. The van der Waals surface area contributed by atoms with Gasteiger partial charge >= 0.3 is 0 Å². The highest BCUT2D eigenvalue weighted by atomic mass is 79.9. The second-order valence-corrected chi connectivity index (χ2v) is 8.90. The molecule has 1 aromatic carbocycles. The molecule has 0 aliphatic rings. The lowest BCUT2D eigenvalue weighted by atomic mass is 10.1. The first-order chi connectivity index (χ1) is 9.09. The first kappa shape index (κ1) is 18.2. The lowest BCUT2D eigenvalue weighted by Gasteiger charge is -2.23. The van der Waals surface area contributed by atoms with Crippen molar-refractivity contribution >= 4 is 59.3 Å². The minimum atomic E-state index is -3.80. The number of benzene rings is 1. The maximum Gasteiger partial charge on any atom is 0.243 e. The van der Waals surface area contributed by atoms with Crippen LogP contribution >= 0.6 is 43.6 Å². The van der Waals surface area contributed by atoms with Crippen molar-refractivity contribution in [2.24, 2.45) is 0 Å². The summed E-state index contributed by atoms with van der Waals surface area (Å²) in [4.78, 5) is -0.0272. The molecule has 1 rings (SSSR count). The van der Waals surface area contributed by atoms with Gasteiger partial charge in [-0.2, -0.15) is 11.8 Å². The molecular weight excluding hydrogens is 432 g/mol. The Morgan fingerprint density at radius 3 is 2.55 bits per heavy atom. The van der Waals surface area contributed by atoms with Crippen LogP contribution in [0.1, 0.15) is 6.92 Å². The molecule has 0 aliphatic carbocycles. The van der Waals surface area contributed by atoms with Crippen molar-refractivity contribution in [3.05, 3.63) is 21.1 Å². The van der Waals surface area contributed by atoms with Crippen LogP contribution in [0.5, 0.6) is 0 Å². The van der Waals surface area contributed by atoms with E-state index in [4.69, 9.17) is 5.73 Å². The molecule has 0 fully saturated rings. The van der Waals surface area contributed by atoms with Crippen molar-refractivity contribution < 1.29 is 13.5 Å². The summed E-state index contributed by atoms with van der Waals surface area (Å²) in [6.07, 6.45) is 1.84. The summed E-state index contributed by atoms with van der Waals surface area (Å²) >= 11 is 7.86. The Morgan fingerprint density at radius 1 is 1.45 bits per heavy atom. The topological polar surface area (TPSA) is 92.4 Å². The normalized spacial score (nSPS) is 15.1. The summed E-state index contributed by atoms with van der Waals surface area (Å²) in [6.45, 7) is 1.49. The Labute approximate surface area is 140 Å². The monoisotopic (exact) mass is 446 g/mol. The molecule has 0 spiro atoms. The Morgan fingerprint density at radius 2 is 2.05 bits per heavy atom. The fourth-order valence-electron chi connectivity index (χ4n) is 1.55. The fourth-order valence-corrected chi connectivity index (χ4v) is 5.50. The highest BCUT2D eigenvalue weighted by molar-refractivity contribution is 9.11. The van der Waals surface area contributed by atoms with Crippen LogP contribution in [0.15, 0.2) is 26.0 Å². The Bertz CT molecular complexity index is 568. The fraction of sp³-hybridized carbons (Fsp3) is 0.455. The summed E-state index contributed by atoms with van der Waals surface area (Å²) < 4.78 is 28.0. The summed E-state index contributed by atoms with van der Waals surface area (Å²) in [5.74, 6) is 0.423. The molecular formula is C11H16Br2N2O3S2. The zero-order chi connectivity index (χ0) is 15.6. The smallest absolute Gasteiger partial charge is 0.243 e. The van der Waals surface area contributed by atoms with Crippen molar-refractivity contribution in [3.8, 4) is 0 Å². The largest absolute Gasteiger partial charge is 0.398 e. The van der Waals surface area contributed by atoms with Crippen molar-refractivity contribution in [1.82, 2.24) is 4.72 Å². The van der Waals surface area contributed by atoms with Gasteiger partial charge in [-0.15, -0.1) is 0 Å². The van der Waals surface area contributed by atoms with E-state index in [-0.39, 0.29) is 17.1 Å². The van der Waals surface area contributed by atoms with E-state index >= 15 is 0 Å². The number of anilines is 1. The second-order valence-electron chi connectivity index (χ2n) is 4.56. The van der Waals surface area contributed by atoms with Gasteiger partial charge in [-0.05, 0) is 41.2 Å². The SMILES string of the molecule is CSCC(C)(O)CNS(=O)(=O)c1c(N)cc(Br)cc1Br. The van der Waals surface area contributed by atoms with Gasteiger partial charge in [0.1, 0.15) is 4.90 Å². The van der Waals surface area contributed by atoms with E-state index in [2.05, 4.69) is 36.6 Å². The van der Waals surface area contributed by atoms with Gasteiger partial charge in [0, 0.05) is 21.2 Å². The molecule has 4 N–H and O–H groups in total. The average Bonchev–Trinajstić information content (AvgIpc) is 2.24. The first-order valence-corrected chi connectivity index (χ1v) is 10.0. The Kier molecular flexibility index (Phi) is 6.36. The molecule has 0 aliphatic heterocycles. The molecule has 1 atom stereocenters. The molecule has 0 radical (unpaired) electrons.